The molecule has 2 aliphatic carbocycles. The zero-order valence-electron chi connectivity index (χ0n) is 24.6. The highest BCUT2D eigenvalue weighted by molar-refractivity contribution is 6.12. The van der Waals surface area contributed by atoms with Gasteiger partial charge in [0.25, 0.3) is 0 Å². The molecule has 8 nitrogen and oxygen atoms in total. The van der Waals surface area contributed by atoms with Crippen molar-refractivity contribution < 1.29 is 18.9 Å². The molecule has 0 saturated carbocycles. The molecule has 1 aromatic rings. The minimum atomic E-state index is 0.0334. The number of fused-ring (bicyclic) bond motifs is 3. The molecule has 6 rings (SSSR count). The van der Waals surface area contributed by atoms with E-state index in [0.717, 1.165) is 73.5 Å². The highest BCUT2D eigenvalue weighted by atomic mass is 16.5. The molecule has 0 amide bonds. The van der Waals surface area contributed by atoms with E-state index in [9.17, 15) is 0 Å². The molecular weight excluding hydrogens is 516 g/mol. The van der Waals surface area contributed by atoms with Crippen LogP contribution in [0.4, 0.5) is 0 Å². The van der Waals surface area contributed by atoms with Crippen molar-refractivity contribution in [2.24, 2.45) is 33.8 Å². The number of allylic oxidation sites excluding steroid dienone is 4. The topological polar surface area (TPSA) is 68.1 Å². The lowest BCUT2D eigenvalue weighted by Gasteiger charge is -2.39. The van der Waals surface area contributed by atoms with Crippen molar-refractivity contribution >= 4 is 11.9 Å². The maximum absolute atomic E-state index is 6.17. The second-order valence-electron chi connectivity index (χ2n) is 11.5. The SMILES string of the molecule is COC1=CC2C(C=C1)N=CC1C(c3ccc(OCCCN4CCOCC4)c(OC)c3)=NN(C3=CC(C)C(C)C=C3)C12. The smallest absolute Gasteiger partial charge is 0.161 e. The van der Waals surface area contributed by atoms with Crippen LogP contribution in [0.25, 0.3) is 0 Å². The molecule has 0 aromatic heterocycles. The van der Waals surface area contributed by atoms with Gasteiger partial charge in [0.15, 0.2) is 11.5 Å². The van der Waals surface area contributed by atoms with Crippen molar-refractivity contribution in [3.05, 3.63) is 71.7 Å². The Hall–Kier alpha value is -3.36. The third-order valence-electron chi connectivity index (χ3n) is 8.98. The maximum atomic E-state index is 6.17. The molecule has 6 atom stereocenters. The van der Waals surface area contributed by atoms with E-state index in [2.05, 4.69) is 72.5 Å². The van der Waals surface area contributed by atoms with E-state index in [4.69, 9.17) is 29.0 Å². The average molecular weight is 559 g/mol. The molecule has 0 radical (unpaired) electrons. The fraction of sp³-hybridized carbons (Fsp3) is 0.515. The molecule has 1 fully saturated rings. The van der Waals surface area contributed by atoms with Crippen LogP contribution in [0, 0.1) is 23.7 Å². The molecule has 0 N–H and O–H groups in total. The number of ether oxygens (including phenoxy) is 4. The van der Waals surface area contributed by atoms with E-state index >= 15 is 0 Å². The van der Waals surface area contributed by atoms with E-state index in [1.165, 1.54) is 0 Å². The Labute approximate surface area is 243 Å². The first-order chi connectivity index (χ1) is 20.1. The molecule has 41 heavy (non-hydrogen) atoms. The molecule has 5 aliphatic rings. The lowest BCUT2D eigenvalue weighted by atomic mass is 9.76. The molecule has 218 valence electrons. The minimum absolute atomic E-state index is 0.0334. The van der Waals surface area contributed by atoms with Gasteiger partial charge in [-0.25, -0.2) is 0 Å². The molecule has 0 bridgehead atoms. The van der Waals surface area contributed by atoms with E-state index < -0.39 is 0 Å². The number of rotatable bonds is 9. The van der Waals surface area contributed by atoms with Crippen LogP contribution in [-0.2, 0) is 9.47 Å². The summed E-state index contributed by atoms with van der Waals surface area (Å²) in [5.74, 6) is 3.48. The van der Waals surface area contributed by atoms with Gasteiger partial charge < -0.3 is 18.9 Å². The first-order valence-corrected chi connectivity index (χ1v) is 14.9. The third-order valence-corrected chi connectivity index (χ3v) is 8.98. The Morgan fingerprint density at radius 3 is 2.61 bits per heavy atom. The van der Waals surface area contributed by atoms with Crippen molar-refractivity contribution in [2.75, 3.05) is 53.7 Å². The third kappa shape index (κ3) is 5.72. The average Bonchev–Trinajstić information content (AvgIpc) is 3.41. The summed E-state index contributed by atoms with van der Waals surface area (Å²) in [5, 5.41) is 7.52. The summed E-state index contributed by atoms with van der Waals surface area (Å²) in [6.07, 6.45) is 16.3. The van der Waals surface area contributed by atoms with Crippen LogP contribution >= 0.6 is 0 Å². The van der Waals surface area contributed by atoms with Gasteiger partial charge in [-0.15, -0.1) is 0 Å². The molecule has 1 aromatic carbocycles. The molecule has 1 saturated heterocycles. The van der Waals surface area contributed by atoms with Crippen LogP contribution in [0.5, 0.6) is 11.5 Å². The summed E-state index contributed by atoms with van der Waals surface area (Å²) < 4.78 is 23.0. The van der Waals surface area contributed by atoms with Crippen LogP contribution in [-0.4, -0.2) is 87.6 Å². The van der Waals surface area contributed by atoms with E-state index in [-0.39, 0.29) is 23.9 Å². The van der Waals surface area contributed by atoms with Crippen molar-refractivity contribution in [2.45, 2.75) is 32.4 Å². The summed E-state index contributed by atoms with van der Waals surface area (Å²) in [4.78, 5) is 7.39. The molecule has 6 unspecified atom stereocenters. The normalized spacial score (nSPS) is 30.7. The van der Waals surface area contributed by atoms with E-state index in [0.29, 0.717) is 18.4 Å². The summed E-state index contributed by atoms with van der Waals surface area (Å²) in [6.45, 7) is 9.81. The lowest BCUT2D eigenvalue weighted by Crippen LogP contribution is -2.47. The Bertz CT molecular complexity index is 1290. The second kappa shape index (κ2) is 12.2. The number of aliphatic imine (C=N–C) groups is 1. The standard InChI is InChI=1S/C33H42N4O4/c1-22-6-8-25(18-23(22)2)37-33-27-20-26(38-3)9-10-29(27)34-21-28(33)32(35-37)24-7-11-30(31(19-24)39-4)41-15-5-12-36-13-16-40-17-14-36/h6-11,18-23,27-29,33H,5,12-17H2,1-4H3. The van der Waals surface area contributed by atoms with E-state index in [1.807, 2.05) is 12.1 Å². The van der Waals surface area contributed by atoms with Gasteiger partial charge in [-0.2, -0.15) is 5.10 Å². The van der Waals surface area contributed by atoms with Crippen LogP contribution in [0.3, 0.4) is 0 Å². The van der Waals surface area contributed by atoms with Gasteiger partial charge in [0.05, 0.1) is 63.5 Å². The van der Waals surface area contributed by atoms with Crippen molar-refractivity contribution in [3.63, 3.8) is 0 Å². The van der Waals surface area contributed by atoms with Gasteiger partial charge in [-0.05, 0) is 54.7 Å². The van der Waals surface area contributed by atoms with Crippen LogP contribution < -0.4 is 9.47 Å². The highest BCUT2D eigenvalue weighted by Gasteiger charge is 2.47. The van der Waals surface area contributed by atoms with Gasteiger partial charge in [0.2, 0.25) is 0 Å². The fourth-order valence-electron chi connectivity index (χ4n) is 6.34. The zero-order valence-corrected chi connectivity index (χ0v) is 24.6. The molecule has 0 spiro atoms. The van der Waals surface area contributed by atoms with Crippen molar-refractivity contribution in [3.8, 4) is 11.5 Å². The monoisotopic (exact) mass is 558 g/mol. The van der Waals surface area contributed by atoms with Gasteiger partial charge in [0, 0.05) is 37.3 Å². The zero-order chi connectivity index (χ0) is 28.3. The van der Waals surface area contributed by atoms with E-state index in [1.54, 1.807) is 14.2 Å². The number of hydrogen-bond donors (Lipinski definition) is 0. The minimum Gasteiger partial charge on any atom is -0.497 e. The Kier molecular flexibility index (Phi) is 8.30. The number of benzene rings is 1. The van der Waals surface area contributed by atoms with Crippen LogP contribution in [0.15, 0.2) is 76.2 Å². The number of methoxy groups -OCH3 is 2. The van der Waals surface area contributed by atoms with Gasteiger partial charge in [-0.3, -0.25) is 14.9 Å². The van der Waals surface area contributed by atoms with Crippen LogP contribution in [0.2, 0.25) is 0 Å². The summed E-state index contributed by atoms with van der Waals surface area (Å²) >= 11 is 0. The van der Waals surface area contributed by atoms with Gasteiger partial charge in [0.1, 0.15) is 5.76 Å². The molecule has 3 aliphatic heterocycles. The summed E-state index contributed by atoms with van der Waals surface area (Å²) in [6, 6.07) is 6.35. The number of nitrogens with zero attached hydrogens (tertiary/aromatic N) is 4. The van der Waals surface area contributed by atoms with Crippen molar-refractivity contribution in [1.82, 2.24) is 9.91 Å². The Morgan fingerprint density at radius 1 is 0.976 bits per heavy atom. The first-order valence-electron chi connectivity index (χ1n) is 14.9. The maximum Gasteiger partial charge on any atom is 0.161 e. The van der Waals surface area contributed by atoms with Gasteiger partial charge in [-0.1, -0.05) is 32.1 Å². The number of hydrazone groups is 1. The fourth-order valence-corrected chi connectivity index (χ4v) is 6.34. The predicted molar refractivity (Wildman–Crippen MR) is 162 cm³/mol. The summed E-state index contributed by atoms with van der Waals surface area (Å²) in [5.41, 5.74) is 3.16. The van der Waals surface area contributed by atoms with Crippen molar-refractivity contribution in [1.29, 1.82) is 0 Å². The molecule has 3 heterocycles. The van der Waals surface area contributed by atoms with Gasteiger partial charge >= 0.3 is 0 Å². The highest BCUT2D eigenvalue weighted by Crippen LogP contribution is 2.42. The number of hydrogen-bond acceptors (Lipinski definition) is 8. The van der Waals surface area contributed by atoms with Crippen LogP contribution in [0.1, 0.15) is 25.8 Å². The lowest BCUT2D eigenvalue weighted by molar-refractivity contribution is 0.0357. The molecule has 8 heteroatoms. The second-order valence-corrected chi connectivity index (χ2v) is 11.5. The largest absolute Gasteiger partial charge is 0.497 e. The quantitative estimate of drug-likeness (QED) is 0.410. The Balaban J connectivity index is 1.26. The first kappa shape index (κ1) is 27.8. The Morgan fingerprint density at radius 2 is 1.83 bits per heavy atom. The predicted octanol–water partition coefficient (Wildman–Crippen LogP) is 4.70. The number of morpholine rings is 1. The summed E-state index contributed by atoms with van der Waals surface area (Å²) in [7, 11) is 3.42. The molecular formula is C33H42N4O4.